The van der Waals surface area contributed by atoms with Crippen LogP contribution < -0.4 is 5.32 Å². The van der Waals surface area contributed by atoms with Crippen molar-refractivity contribution < 1.29 is 14.3 Å². The topological polar surface area (TPSA) is 47.6 Å². The molecule has 4 nitrogen and oxygen atoms in total. The molecular weight excluding hydrogens is 206 g/mol. The van der Waals surface area contributed by atoms with Crippen molar-refractivity contribution in [2.75, 3.05) is 13.2 Å². The average molecular weight is 229 g/mol. The first-order valence-corrected chi connectivity index (χ1v) is 6.21. The molecule has 0 amide bonds. The molecule has 1 heterocycles. The zero-order valence-corrected chi connectivity index (χ0v) is 10.5. The predicted octanol–water partition coefficient (Wildman–Crippen LogP) is 1.49. The van der Waals surface area contributed by atoms with Gasteiger partial charge in [-0.05, 0) is 33.2 Å². The Kier molecular flexibility index (Phi) is 5.77. The average Bonchev–Trinajstić information content (AvgIpc) is 2.64. The molecule has 0 bridgehead atoms. The number of carbonyl (C=O) groups is 1. The first kappa shape index (κ1) is 13.5. The number of hydrogen-bond acceptors (Lipinski definition) is 4. The third kappa shape index (κ3) is 4.10. The van der Waals surface area contributed by atoms with E-state index in [-0.39, 0.29) is 18.1 Å². The van der Waals surface area contributed by atoms with Gasteiger partial charge in [-0.3, -0.25) is 4.79 Å². The van der Waals surface area contributed by atoms with Crippen molar-refractivity contribution in [3.05, 3.63) is 0 Å². The van der Waals surface area contributed by atoms with Crippen LogP contribution in [0.3, 0.4) is 0 Å². The van der Waals surface area contributed by atoms with Gasteiger partial charge in [0.2, 0.25) is 0 Å². The van der Waals surface area contributed by atoms with E-state index in [0.717, 1.165) is 19.4 Å². The second-order valence-electron chi connectivity index (χ2n) is 4.24. The van der Waals surface area contributed by atoms with Crippen LogP contribution in [-0.2, 0) is 14.3 Å². The normalized spacial score (nSPS) is 26.7. The van der Waals surface area contributed by atoms with Gasteiger partial charge in [0.05, 0.1) is 25.2 Å². The maximum atomic E-state index is 11.4. The van der Waals surface area contributed by atoms with Crippen molar-refractivity contribution in [1.29, 1.82) is 0 Å². The highest BCUT2D eigenvalue weighted by atomic mass is 16.5. The maximum absolute atomic E-state index is 11.4. The summed E-state index contributed by atoms with van der Waals surface area (Å²) in [5.74, 6) is -0.142. The summed E-state index contributed by atoms with van der Waals surface area (Å²) in [5.41, 5.74) is 0. The third-order valence-corrected chi connectivity index (χ3v) is 2.87. The number of hydrogen-bond donors (Lipinski definition) is 1. The van der Waals surface area contributed by atoms with E-state index >= 15 is 0 Å². The molecule has 0 radical (unpaired) electrons. The van der Waals surface area contributed by atoms with Gasteiger partial charge < -0.3 is 14.8 Å². The monoisotopic (exact) mass is 229 g/mol. The lowest BCUT2D eigenvalue weighted by Gasteiger charge is -2.23. The van der Waals surface area contributed by atoms with Crippen molar-refractivity contribution in [1.82, 2.24) is 5.32 Å². The molecule has 1 rings (SSSR count). The van der Waals surface area contributed by atoms with Gasteiger partial charge in [-0.2, -0.15) is 0 Å². The van der Waals surface area contributed by atoms with Crippen molar-refractivity contribution in [3.63, 3.8) is 0 Å². The van der Waals surface area contributed by atoms with Gasteiger partial charge in [-0.25, -0.2) is 0 Å². The molecule has 0 aromatic heterocycles. The van der Waals surface area contributed by atoms with Gasteiger partial charge in [0.1, 0.15) is 0 Å². The lowest BCUT2D eigenvalue weighted by molar-refractivity contribution is -0.144. The van der Waals surface area contributed by atoms with Crippen LogP contribution in [0.5, 0.6) is 0 Å². The quantitative estimate of drug-likeness (QED) is 0.701. The summed E-state index contributed by atoms with van der Waals surface area (Å²) in [4.78, 5) is 11.4. The Balaban J connectivity index is 2.43. The van der Waals surface area contributed by atoms with Gasteiger partial charge in [-0.1, -0.05) is 6.92 Å². The van der Waals surface area contributed by atoms with Gasteiger partial charge >= 0.3 is 5.97 Å². The van der Waals surface area contributed by atoms with Crippen LogP contribution >= 0.6 is 0 Å². The second kappa shape index (κ2) is 6.86. The fourth-order valence-electron chi connectivity index (χ4n) is 2.13. The Morgan fingerprint density at radius 2 is 2.25 bits per heavy atom. The summed E-state index contributed by atoms with van der Waals surface area (Å²) in [6, 6.07) is 0.0917. The minimum absolute atomic E-state index is 0.0917. The van der Waals surface area contributed by atoms with E-state index in [2.05, 4.69) is 12.2 Å². The number of rotatable bonds is 6. The van der Waals surface area contributed by atoms with Gasteiger partial charge in [-0.15, -0.1) is 0 Å². The van der Waals surface area contributed by atoms with Crippen LogP contribution in [-0.4, -0.2) is 37.4 Å². The van der Waals surface area contributed by atoms with Crippen LogP contribution in [0.2, 0.25) is 0 Å². The largest absolute Gasteiger partial charge is 0.466 e. The molecule has 1 saturated heterocycles. The molecule has 0 spiro atoms. The fourth-order valence-corrected chi connectivity index (χ4v) is 2.13. The van der Waals surface area contributed by atoms with Gasteiger partial charge in [0.25, 0.3) is 0 Å². The van der Waals surface area contributed by atoms with E-state index < -0.39 is 0 Å². The van der Waals surface area contributed by atoms with Crippen LogP contribution in [0.15, 0.2) is 0 Å². The summed E-state index contributed by atoms with van der Waals surface area (Å²) in [6.45, 7) is 7.23. The Morgan fingerprint density at radius 3 is 2.75 bits per heavy atom. The highest BCUT2D eigenvalue weighted by Crippen LogP contribution is 2.23. The summed E-state index contributed by atoms with van der Waals surface area (Å²) in [6.07, 6.45) is 2.97. The SMILES string of the molecule is CCNC(CC(=O)OCC)C1CCC(C)O1. The number of ether oxygens (including phenoxy) is 2. The lowest BCUT2D eigenvalue weighted by Crippen LogP contribution is -2.41. The number of nitrogens with one attached hydrogen (secondary N) is 1. The molecule has 0 aliphatic carbocycles. The highest BCUT2D eigenvalue weighted by Gasteiger charge is 2.30. The summed E-state index contributed by atoms with van der Waals surface area (Å²) >= 11 is 0. The number of likely N-dealkylation sites (N-methyl/N-ethyl adjacent to an activating group) is 1. The molecule has 4 heteroatoms. The van der Waals surface area contributed by atoms with Crippen LogP contribution in [0.4, 0.5) is 0 Å². The highest BCUT2D eigenvalue weighted by molar-refractivity contribution is 5.70. The van der Waals surface area contributed by atoms with E-state index in [1.165, 1.54) is 0 Å². The van der Waals surface area contributed by atoms with Crippen LogP contribution in [0.25, 0.3) is 0 Å². The van der Waals surface area contributed by atoms with E-state index in [4.69, 9.17) is 9.47 Å². The smallest absolute Gasteiger partial charge is 0.307 e. The van der Waals surface area contributed by atoms with Crippen LogP contribution in [0.1, 0.15) is 40.0 Å². The lowest BCUT2D eigenvalue weighted by atomic mass is 10.0. The minimum Gasteiger partial charge on any atom is -0.466 e. The molecule has 0 aromatic rings. The molecule has 94 valence electrons. The molecule has 1 aliphatic rings. The molecule has 1 N–H and O–H groups in total. The van der Waals surface area contributed by atoms with Gasteiger partial charge in [0, 0.05) is 6.04 Å². The predicted molar refractivity (Wildman–Crippen MR) is 62.3 cm³/mol. The fraction of sp³-hybridized carbons (Fsp3) is 0.917. The van der Waals surface area contributed by atoms with Crippen molar-refractivity contribution in [2.24, 2.45) is 0 Å². The van der Waals surface area contributed by atoms with Crippen molar-refractivity contribution >= 4 is 5.97 Å². The Hall–Kier alpha value is -0.610. The third-order valence-electron chi connectivity index (χ3n) is 2.87. The maximum Gasteiger partial charge on any atom is 0.307 e. The minimum atomic E-state index is -0.142. The van der Waals surface area contributed by atoms with Crippen molar-refractivity contribution in [2.45, 2.75) is 58.3 Å². The van der Waals surface area contributed by atoms with Crippen LogP contribution in [0, 0.1) is 0 Å². The number of esters is 1. The van der Waals surface area contributed by atoms with Gasteiger partial charge in [0.15, 0.2) is 0 Å². The van der Waals surface area contributed by atoms with Crippen molar-refractivity contribution in [3.8, 4) is 0 Å². The second-order valence-corrected chi connectivity index (χ2v) is 4.24. The zero-order chi connectivity index (χ0) is 12.0. The molecular formula is C12H23NO3. The Labute approximate surface area is 97.7 Å². The van der Waals surface area contributed by atoms with E-state index in [1.807, 2.05) is 13.8 Å². The Morgan fingerprint density at radius 1 is 1.50 bits per heavy atom. The molecule has 1 fully saturated rings. The number of carbonyl (C=O) groups excluding carboxylic acids is 1. The van der Waals surface area contributed by atoms with E-state index in [0.29, 0.717) is 19.1 Å². The summed E-state index contributed by atoms with van der Waals surface area (Å²) in [5, 5.41) is 3.31. The first-order chi connectivity index (χ1) is 7.67. The molecule has 0 aromatic carbocycles. The molecule has 16 heavy (non-hydrogen) atoms. The van der Waals surface area contributed by atoms with E-state index in [9.17, 15) is 4.79 Å². The first-order valence-electron chi connectivity index (χ1n) is 6.21. The summed E-state index contributed by atoms with van der Waals surface area (Å²) < 4.78 is 10.8. The summed E-state index contributed by atoms with van der Waals surface area (Å²) in [7, 11) is 0. The Bertz CT molecular complexity index is 220. The zero-order valence-electron chi connectivity index (χ0n) is 10.5. The molecule has 3 atom stereocenters. The molecule has 1 aliphatic heterocycles. The van der Waals surface area contributed by atoms with E-state index in [1.54, 1.807) is 0 Å². The molecule has 0 saturated carbocycles. The molecule has 3 unspecified atom stereocenters. The standard InChI is InChI=1S/C12H23NO3/c1-4-13-10(8-12(14)15-5-2)11-7-6-9(3)16-11/h9-11,13H,4-8H2,1-3H3.